The summed E-state index contributed by atoms with van der Waals surface area (Å²) in [5.41, 5.74) is 0.331. The van der Waals surface area contributed by atoms with Gasteiger partial charge in [-0.3, -0.25) is 4.79 Å². The number of unbranched alkanes of at least 4 members (excludes halogenated alkanes) is 14. The fourth-order valence-corrected chi connectivity index (χ4v) is 3.23. The summed E-state index contributed by atoms with van der Waals surface area (Å²) in [6.45, 7) is 2.27. The lowest BCUT2D eigenvalue weighted by molar-refractivity contribution is -0.137. The van der Waals surface area contributed by atoms with Crippen LogP contribution in [-0.4, -0.2) is 42.9 Å². The molecule has 1 rings (SSSR count). The van der Waals surface area contributed by atoms with E-state index in [4.69, 9.17) is 14.4 Å². The largest absolute Gasteiger partial charge is 0.521 e. The van der Waals surface area contributed by atoms with E-state index in [-0.39, 0.29) is 0 Å². The molecule has 0 aliphatic heterocycles. The number of benzene rings is 1. The fraction of sp³-hybridized carbons (Fsp3) is 0.680. The van der Waals surface area contributed by atoms with Gasteiger partial charge in [0.1, 0.15) is 0 Å². The molecule has 0 radical (unpaired) electrons. The van der Waals surface area contributed by atoms with Gasteiger partial charge in [-0.25, -0.2) is 4.79 Å². The Hall–Kier alpha value is -1.35. The number of hydrogen-bond donors (Lipinski definition) is 3. The van der Waals surface area contributed by atoms with E-state index in [1.54, 1.807) is 30.3 Å². The van der Waals surface area contributed by atoms with Gasteiger partial charge in [-0.15, -0.1) is 0 Å². The van der Waals surface area contributed by atoms with E-state index in [1.807, 2.05) is 0 Å². The Balaban J connectivity index is 0. The molecule has 0 atom stereocenters. The molecule has 0 aliphatic carbocycles. The Morgan fingerprint density at radius 2 is 1.00 bits per heavy atom. The molecule has 0 amide bonds. The Labute approximate surface area is 198 Å². The highest BCUT2D eigenvalue weighted by Gasteiger charge is 1.97. The van der Waals surface area contributed by atoms with Crippen molar-refractivity contribution in [2.45, 2.75) is 110 Å². The van der Waals surface area contributed by atoms with E-state index in [9.17, 15) is 9.59 Å². The molecule has 0 heterocycles. The molecular formula is C25H45AlO5. The van der Waals surface area contributed by atoms with Gasteiger partial charge in [0.2, 0.25) is 0 Å². The molecule has 0 aliphatic rings. The van der Waals surface area contributed by atoms with E-state index in [1.165, 1.54) is 83.5 Å². The third kappa shape index (κ3) is 26.6. The van der Waals surface area contributed by atoms with Crippen LogP contribution in [-0.2, 0) is 4.79 Å². The summed E-state index contributed by atoms with van der Waals surface area (Å²) in [5.74, 6) is -1.53. The van der Waals surface area contributed by atoms with Crippen molar-refractivity contribution >= 4 is 28.6 Å². The van der Waals surface area contributed by atoms with Gasteiger partial charge in [0.05, 0.1) is 5.56 Å². The summed E-state index contributed by atoms with van der Waals surface area (Å²) >= 11 is 0.306. The summed E-state index contributed by atoms with van der Waals surface area (Å²) in [5, 5.41) is 16.9. The van der Waals surface area contributed by atoms with Gasteiger partial charge in [-0.1, -0.05) is 115 Å². The molecule has 5 nitrogen and oxygen atoms in total. The van der Waals surface area contributed by atoms with E-state index in [0.29, 0.717) is 28.6 Å². The molecular weight excluding hydrogens is 407 g/mol. The first kappa shape index (κ1) is 31.8. The third-order valence-electron chi connectivity index (χ3n) is 5.01. The Morgan fingerprint density at radius 1 is 0.645 bits per heavy atom. The molecule has 1 aromatic rings. The van der Waals surface area contributed by atoms with Crippen LogP contribution in [0.4, 0.5) is 0 Å². The van der Waals surface area contributed by atoms with Crippen LogP contribution in [0.2, 0.25) is 0 Å². The lowest BCUT2D eigenvalue weighted by Crippen LogP contribution is -1.93. The second-order valence-electron chi connectivity index (χ2n) is 7.76. The standard InChI is InChI=1S/C18H36O2.C7H6O2.Al.H2O.2H/c1-2-3-4-5-6-7-8-9-10-11-12-13-14-15-16-17-18(19)20;8-7(9)6-4-2-1-3-5-6;;;;/h2-17H2,1H3,(H,19,20);1-5H,(H,8,9);;1H2;;/q;;+1;;;/p-1. The Morgan fingerprint density at radius 3 is 1.29 bits per heavy atom. The van der Waals surface area contributed by atoms with Gasteiger partial charge in [0.25, 0.3) is 0 Å². The van der Waals surface area contributed by atoms with Gasteiger partial charge < -0.3 is 14.4 Å². The van der Waals surface area contributed by atoms with Crippen LogP contribution in [0.1, 0.15) is 120 Å². The summed E-state index contributed by atoms with van der Waals surface area (Å²) in [6, 6.07) is 8.30. The monoisotopic (exact) mass is 452 g/mol. The maximum absolute atomic E-state index is 10.3. The lowest BCUT2D eigenvalue weighted by Gasteiger charge is -2.03. The molecule has 1 aromatic carbocycles. The number of carboxylic acid groups (broad SMARTS) is 2. The molecule has 0 bridgehead atoms. The molecule has 178 valence electrons. The van der Waals surface area contributed by atoms with E-state index >= 15 is 0 Å². The highest BCUT2D eigenvalue weighted by molar-refractivity contribution is 5.95. The number of rotatable bonds is 17. The van der Waals surface area contributed by atoms with Crippen molar-refractivity contribution in [3.8, 4) is 0 Å². The Kier molecular flexibility index (Phi) is 27.4. The molecule has 0 saturated carbocycles. The van der Waals surface area contributed by atoms with Crippen LogP contribution in [0, 0.1) is 0 Å². The molecule has 0 fully saturated rings. The summed E-state index contributed by atoms with van der Waals surface area (Å²) in [7, 11) is 0. The minimum absolute atomic E-state index is 0.306. The van der Waals surface area contributed by atoms with E-state index in [2.05, 4.69) is 6.92 Å². The van der Waals surface area contributed by atoms with Crippen LogP contribution in [0.5, 0.6) is 0 Å². The molecule has 0 spiro atoms. The normalized spacial score (nSPS) is 9.74. The predicted octanol–water partition coefficient (Wildman–Crippen LogP) is 6.24. The second kappa shape index (κ2) is 26.7. The molecule has 31 heavy (non-hydrogen) atoms. The average molecular weight is 453 g/mol. The highest BCUT2D eigenvalue weighted by atomic mass is 27.1. The van der Waals surface area contributed by atoms with Crippen molar-refractivity contribution in [2.24, 2.45) is 0 Å². The third-order valence-corrected chi connectivity index (χ3v) is 5.01. The summed E-state index contributed by atoms with van der Waals surface area (Å²) in [4.78, 5) is 20.5. The molecule has 3 N–H and O–H groups in total. The van der Waals surface area contributed by atoms with Gasteiger partial charge in [0, 0.05) is 6.42 Å². The van der Waals surface area contributed by atoms with Crippen LogP contribution >= 0.6 is 0 Å². The van der Waals surface area contributed by atoms with Crippen molar-refractivity contribution in [3.05, 3.63) is 35.9 Å². The van der Waals surface area contributed by atoms with Gasteiger partial charge in [0.15, 0.2) is 0 Å². The van der Waals surface area contributed by atoms with Crippen LogP contribution in [0.25, 0.3) is 0 Å². The SMILES string of the molecule is CCCCCCCCCCCCCCCCCC(=O)O.O=C(O)c1ccccc1.[OH][AlH2]. The van der Waals surface area contributed by atoms with Crippen molar-refractivity contribution in [1.29, 1.82) is 0 Å². The van der Waals surface area contributed by atoms with Gasteiger partial charge in [-0.2, -0.15) is 0 Å². The zero-order valence-electron chi connectivity index (χ0n) is 19.9. The van der Waals surface area contributed by atoms with Crippen molar-refractivity contribution in [1.82, 2.24) is 0 Å². The average Bonchev–Trinajstić information content (AvgIpc) is 2.78. The van der Waals surface area contributed by atoms with Crippen LogP contribution < -0.4 is 0 Å². The maximum Gasteiger partial charge on any atom is 0.407 e. The minimum Gasteiger partial charge on any atom is -0.521 e. The first-order chi connectivity index (χ1) is 15.1. The Bertz CT molecular complexity index is 508. The van der Waals surface area contributed by atoms with Crippen LogP contribution in [0.15, 0.2) is 30.3 Å². The molecule has 6 heteroatoms. The maximum atomic E-state index is 10.3. The van der Waals surface area contributed by atoms with Crippen molar-refractivity contribution in [2.75, 3.05) is 0 Å². The smallest absolute Gasteiger partial charge is 0.407 e. The first-order valence-electron chi connectivity index (χ1n) is 12.0. The lowest BCUT2D eigenvalue weighted by atomic mass is 10.0. The number of hydrogen-bond acceptors (Lipinski definition) is 3. The fourth-order valence-electron chi connectivity index (χ4n) is 3.23. The van der Waals surface area contributed by atoms with Crippen molar-refractivity contribution in [3.63, 3.8) is 0 Å². The quantitative estimate of drug-likeness (QED) is 0.192. The summed E-state index contributed by atoms with van der Waals surface area (Å²) in [6.07, 6.45) is 20.2. The molecule has 0 unspecified atom stereocenters. The predicted molar refractivity (Wildman–Crippen MR) is 131 cm³/mol. The zero-order valence-corrected chi connectivity index (χ0v) is 21.9. The summed E-state index contributed by atoms with van der Waals surface area (Å²) < 4.78 is 7.14. The van der Waals surface area contributed by atoms with Gasteiger partial charge in [-0.05, 0) is 18.6 Å². The van der Waals surface area contributed by atoms with E-state index < -0.39 is 11.9 Å². The molecule has 0 saturated heterocycles. The topological polar surface area (TPSA) is 94.8 Å². The number of aliphatic carboxylic acids is 1. The minimum atomic E-state index is -0.879. The first-order valence-corrected chi connectivity index (χ1v) is 12.9. The number of carboxylic acids is 2. The van der Waals surface area contributed by atoms with Crippen LogP contribution in [0.3, 0.4) is 0 Å². The number of aromatic carboxylic acids is 1. The van der Waals surface area contributed by atoms with E-state index in [0.717, 1.165) is 12.8 Å². The van der Waals surface area contributed by atoms with Crippen molar-refractivity contribution < 1.29 is 24.0 Å². The van der Waals surface area contributed by atoms with Gasteiger partial charge >= 0.3 is 28.6 Å². The zero-order chi connectivity index (χ0) is 23.6. The number of carbonyl (C=O) groups is 2. The molecule has 0 aromatic heterocycles. The highest BCUT2D eigenvalue weighted by Crippen LogP contribution is 2.13. The second-order valence-corrected chi connectivity index (χ2v) is 7.76.